The standard InChI is InChI=1S/C19H29N3O2/c1-14(2)11-17(23)22-16-8-6-7-15(12-16)13-21-18(24)19(20)9-4-3-5-10-19/h6-8,12,14H,3-5,9-11,13,20H2,1-2H3,(H,21,24)(H,22,23). The molecule has 5 heteroatoms. The molecule has 2 rings (SSSR count). The van der Waals surface area contributed by atoms with Gasteiger partial charge in [-0.2, -0.15) is 0 Å². The molecule has 5 nitrogen and oxygen atoms in total. The van der Waals surface area contributed by atoms with E-state index in [9.17, 15) is 9.59 Å². The molecule has 0 radical (unpaired) electrons. The zero-order valence-electron chi connectivity index (χ0n) is 14.7. The molecule has 2 amide bonds. The smallest absolute Gasteiger partial charge is 0.240 e. The molecule has 0 bridgehead atoms. The first-order chi connectivity index (χ1) is 11.4. The van der Waals surface area contributed by atoms with Crippen molar-refractivity contribution in [2.75, 3.05) is 5.32 Å². The lowest BCUT2D eigenvalue weighted by Crippen LogP contribution is -2.54. The fraction of sp³-hybridized carbons (Fsp3) is 0.579. The lowest BCUT2D eigenvalue weighted by Gasteiger charge is -2.31. The van der Waals surface area contributed by atoms with Crippen molar-refractivity contribution in [2.45, 2.75) is 64.5 Å². The molecule has 0 aliphatic heterocycles. The molecule has 0 unspecified atom stereocenters. The molecule has 0 aromatic heterocycles. The Hall–Kier alpha value is -1.88. The Morgan fingerprint density at radius 1 is 1.21 bits per heavy atom. The summed E-state index contributed by atoms with van der Waals surface area (Å²) in [6.45, 7) is 4.45. The molecular formula is C19H29N3O2. The topological polar surface area (TPSA) is 84.2 Å². The van der Waals surface area contributed by atoms with Crippen LogP contribution in [0.4, 0.5) is 5.69 Å². The summed E-state index contributed by atoms with van der Waals surface area (Å²) in [6, 6.07) is 7.56. The average Bonchev–Trinajstić information content (AvgIpc) is 2.52. The second kappa shape index (κ2) is 8.29. The first-order valence-electron chi connectivity index (χ1n) is 8.85. The van der Waals surface area contributed by atoms with E-state index in [1.54, 1.807) is 0 Å². The van der Waals surface area contributed by atoms with Gasteiger partial charge in [-0.3, -0.25) is 9.59 Å². The van der Waals surface area contributed by atoms with E-state index in [0.29, 0.717) is 18.9 Å². The van der Waals surface area contributed by atoms with Gasteiger partial charge in [0.05, 0.1) is 5.54 Å². The number of carbonyl (C=O) groups excluding carboxylic acids is 2. The number of hydrogen-bond acceptors (Lipinski definition) is 3. The van der Waals surface area contributed by atoms with Crippen LogP contribution < -0.4 is 16.4 Å². The number of nitrogens with one attached hydrogen (secondary N) is 2. The highest BCUT2D eigenvalue weighted by atomic mass is 16.2. The Morgan fingerprint density at radius 3 is 2.58 bits per heavy atom. The van der Waals surface area contributed by atoms with Gasteiger partial charge in [0.1, 0.15) is 0 Å². The van der Waals surface area contributed by atoms with E-state index in [1.807, 2.05) is 38.1 Å². The second-order valence-corrected chi connectivity index (χ2v) is 7.25. The SMILES string of the molecule is CC(C)CC(=O)Nc1cccc(CNC(=O)C2(N)CCCCC2)c1. The van der Waals surface area contributed by atoms with Gasteiger partial charge in [0.2, 0.25) is 11.8 Å². The van der Waals surface area contributed by atoms with Gasteiger partial charge in [0.15, 0.2) is 0 Å². The van der Waals surface area contributed by atoms with Gasteiger partial charge in [0, 0.05) is 18.7 Å². The fourth-order valence-electron chi connectivity index (χ4n) is 3.11. The number of carbonyl (C=O) groups is 2. The van der Waals surface area contributed by atoms with Gasteiger partial charge in [-0.05, 0) is 36.5 Å². The minimum absolute atomic E-state index is 0.00861. The van der Waals surface area contributed by atoms with E-state index in [1.165, 1.54) is 0 Å². The van der Waals surface area contributed by atoms with Crippen LogP contribution >= 0.6 is 0 Å². The Labute approximate surface area is 144 Å². The number of hydrogen-bond donors (Lipinski definition) is 3. The van der Waals surface area contributed by atoms with Crippen molar-refractivity contribution in [2.24, 2.45) is 11.7 Å². The molecule has 1 aromatic carbocycles. The second-order valence-electron chi connectivity index (χ2n) is 7.25. The third-order valence-electron chi connectivity index (χ3n) is 4.46. The predicted molar refractivity (Wildman–Crippen MR) is 96.4 cm³/mol. The van der Waals surface area contributed by atoms with Gasteiger partial charge < -0.3 is 16.4 Å². The van der Waals surface area contributed by atoms with Crippen molar-refractivity contribution in [3.05, 3.63) is 29.8 Å². The monoisotopic (exact) mass is 331 g/mol. The first kappa shape index (κ1) is 18.5. The van der Waals surface area contributed by atoms with Crippen molar-refractivity contribution in [1.29, 1.82) is 0 Å². The zero-order chi connectivity index (χ0) is 17.6. The first-order valence-corrected chi connectivity index (χ1v) is 8.85. The molecule has 132 valence electrons. The van der Waals surface area contributed by atoms with Crippen LogP contribution in [0.1, 0.15) is 57.9 Å². The Kier molecular flexibility index (Phi) is 6.37. The molecule has 1 aliphatic carbocycles. The van der Waals surface area contributed by atoms with Crippen molar-refractivity contribution in [1.82, 2.24) is 5.32 Å². The summed E-state index contributed by atoms with van der Waals surface area (Å²) in [6.07, 6.45) is 5.19. The van der Waals surface area contributed by atoms with E-state index < -0.39 is 5.54 Å². The van der Waals surface area contributed by atoms with E-state index >= 15 is 0 Å². The Morgan fingerprint density at radius 2 is 1.92 bits per heavy atom. The average molecular weight is 331 g/mol. The summed E-state index contributed by atoms with van der Waals surface area (Å²) in [7, 11) is 0. The Bertz CT molecular complexity index is 578. The molecule has 1 aromatic rings. The normalized spacial score (nSPS) is 16.7. The van der Waals surface area contributed by atoms with E-state index in [2.05, 4.69) is 10.6 Å². The van der Waals surface area contributed by atoms with Crippen molar-refractivity contribution in [3.63, 3.8) is 0 Å². The molecule has 0 atom stereocenters. The number of rotatable bonds is 6. The molecular weight excluding hydrogens is 302 g/mol. The summed E-state index contributed by atoms with van der Waals surface area (Å²) in [5, 5.41) is 5.84. The lowest BCUT2D eigenvalue weighted by molar-refractivity contribution is -0.127. The zero-order valence-corrected chi connectivity index (χ0v) is 14.7. The maximum Gasteiger partial charge on any atom is 0.240 e. The van der Waals surface area contributed by atoms with E-state index in [4.69, 9.17) is 5.73 Å². The number of amides is 2. The molecule has 4 N–H and O–H groups in total. The van der Waals surface area contributed by atoms with Gasteiger partial charge in [-0.15, -0.1) is 0 Å². The molecule has 1 saturated carbocycles. The quantitative estimate of drug-likeness (QED) is 0.749. The van der Waals surface area contributed by atoms with E-state index in [0.717, 1.165) is 43.4 Å². The molecule has 1 fully saturated rings. The van der Waals surface area contributed by atoms with Gasteiger partial charge in [0.25, 0.3) is 0 Å². The fourth-order valence-corrected chi connectivity index (χ4v) is 3.11. The minimum atomic E-state index is -0.721. The van der Waals surface area contributed by atoms with Crippen molar-refractivity contribution < 1.29 is 9.59 Å². The largest absolute Gasteiger partial charge is 0.350 e. The van der Waals surface area contributed by atoms with Crippen LogP contribution in [0.15, 0.2) is 24.3 Å². The Balaban J connectivity index is 1.90. The van der Waals surface area contributed by atoms with Crippen molar-refractivity contribution >= 4 is 17.5 Å². The highest BCUT2D eigenvalue weighted by Crippen LogP contribution is 2.26. The minimum Gasteiger partial charge on any atom is -0.350 e. The third-order valence-corrected chi connectivity index (χ3v) is 4.46. The van der Waals surface area contributed by atoms with Crippen LogP contribution in [-0.4, -0.2) is 17.4 Å². The van der Waals surface area contributed by atoms with Crippen LogP contribution in [0.2, 0.25) is 0 Å². The summed E-state index contributed by atoms with van der Waals surface area (Å²) in [4.78, 5) is 24.2. The van der Waals surface area contributed by atoms with E-state index in [-0.39, 0.29) is 11.8 Å². The highest BCUT2D eigenvalue weighted by molar-refractivity contribution is 5.91. The summed E-state index contributed by atoms with van der Waals surface area (Å²) >= 11 is 0. The lowest BCUT2D eigenvalue weighted by atomic mass is 9.82. The highest BCUT2D eigenvalue weighted by Gasteiger charge is 2.34. The summed E-state index contributed by atoms with van der Waals surface area (Å²) in [5.74, 6) is 0.259. The van der Waals surface area contributed by atoms with Crippen LogP contribution in [-0.2, 0) is 16.1 Å². The van der Waals surface area contributed by atoms with Crippen LogP contribution in [0.25, 0.3) is 0 Å². The maximum atomic E-state index is 12.4. The summed E-state index contributed by atoms with van der Waals surface area (Å²) in [5.41, 5.74) is 7.23. The molecule has 1 aliphatic rings. The van der Waals surface area contributed by atoms with Gasteiger partial charge in [-0.1, -0.05) is 45.2 Å². The van der Waals surface area contributed by atoms with Crippen LogP contribution in [0.3, 0.4) is 0 Å². The third kappa shape index (κ3) is 5.34. The van der Waals surface area contributed by atoms with Crippen molar-refractivity contribution in [3.8, 4) is 0 Å². The predicted octanol–water partition coefficient (Wildman–Crippen LogP) is 2.95. The summed E-state index contributed by atoms with van der Waals surface area (Å²) < 4.78 is 0. The molecule has 0 saturated heterocycles. The number of nitrogens with two attached hydrogens (primary N) is 1. The molecule has 0 spiro atoms. The number of anilines is 1. The van der Waals surface area contributed by atoms with Gasteiger partial charge in [-0.25, -0.2) is 0 Å². The van der Waals surface area contributed by atoms with Gasteiger partial charge >= 0.3 is 0 Å². The van der Waals surface area contributed by atoms with Crippen LogP contribution in [0.5, 0.6) is 0 Å². The maximum absolute atomic E-state index is 12.4. The molecule has 0 heterocycles. The molecule has 24 heavy (non-hydrogen) atoms. The number of benzene rings is 1. The van der Waals surface area contributed by atoms with Crippen LogP contribution in [0, 0.1) is 5.92 Å².